The van der Waals surface area contributed by atoms with E-state index in [-0.39, 0.29) is 36.4 Å². The summed E-state index contributed by atoms with van der Waals surface area (Å²) in [4.78, 5) is 21.2. The molecule has 0 radical (unpaired) electrons. The van der Waals surface area contributed by atoms with Gasteiger partial charge in [0, 0.05) is 19.6 Å². The van der Waals surface area contributed by atoms with E-state index < -0.39 is 5.60 Å². The monoisotopic (exact) mass is 517 g/mol. The predicted octanol–water partition coefficient (Wildman–Crippen LogP) is 2.26. The minimum absolute atomic E-state index is 0. The first-order chi connectivity index (χ1) is 12.9. The largest absolute Gasteiger partial charge is 0.384 e. The highest BCUT2D eigenvalue weighted by Gasteiger charge is 2.22. The van der Waals surface area contributed by atoms with Crippen LogP contribution in [0.4, 0.5) is 0 Å². The normalized spacial score (nSPS) is 13.2. The number of hydrogen-bond acceptors (Lipinski definition) is 5. The number of aliphatic hydroxyl groups is 1. The summed E-state index contributed by atoms with van der Waals surface area (Å²) in [7, 11) is 0. The zero-order valence-corrected chi connectivity index (χ0v) is 19.5. The molecule has 0 aliphatic carbocycles. The molecule has 1 unspecified atom stereocenters. The van der Waals surface area contributed by atoms with Crippen molar-refractivity contribution in [1.29, 1.82) is 0 Å². The fourth-order valence-corrected chi connectivity index (χ4v) is 3.14. The fourth-order valence-electron chi connectivity index (χ4n) is 2.42. The van der Waals surface area contributed by atoms with Gasteiger partial charge in [0.1, 0.15) is 10.5 Å². The molecular formula is C19H28IN5O2S. The van der Waals surface area contributed by atoms with Crippen LogP contribution in [-0.2, 0) is 5.60 Å². The molecule has 2 aromatic rings. The van der Waals surface area contributed by atoms with Crippen molar-refractivity contribution in [3.63, 3.8) is 0 Å². The average molecular weight is 517 g/mol. The lowest BCUT2D eigenvalue weighted by molar-refractivity contribution is 0.0672. The predicted molar refractivity (Wildman–Crippen MR) is 125 cm³/mol. The third-order valence-electron chi connectivity index (χ3n) is 3.94. The molecule has 1 aromatic carbocycles. The van der Waals surface area contributed by atoms with Gasteiger partial charge in [-0.25, -0.2) is 9.98 Å². The Labute approximate surface area is 187 Å². The van der Waals surface area contributed by atoms with E-state index in [2.05, 4.69) is 25.9 Å². The van der Waals surface area contributed by atoms with Gasteiger partial charge >= 0.3 is 0 Å². The molecule has 0 spiro atoms. The van der Waals surface area contributed by atoms with Gasteiger partial charge in [0.25, 0.3) is 5.91 Å². The van der Waals surface area contributed by atoms with Gasteiger partial charge in [-0.3, -0.25) is 4.79 Å². The molecule has 0 fully saturated rings. The number of nitrogens with zero attached hydrogens (tertiary/aromatic N) is 2. The number of carbonyl (C=O) groups excluding carboxylic acids is 1. The van der Waals surface area contributed by atoms with Crippen LogP contribution in [0.25, 0.3) is 0 Å². The number of nitrogens with one attached hydrogen (secondary N) is 3. The Kier molecular flexibility index (Phi) is 10.4. The maximum Gasteiger partial charge on any atom is 0.263 e. The second kappa shape index (κ2) is 12.0. The van der Waals surface area contributed by atoms with Crippen LogP contribution in [0.15, 0.2) is 40.8 Å². The zero-order valence-electron chi connectivity index (χ0n) is 16.4. The maximum atomic E-state index is 12.1. The highest BCUT2D eigenvalue weighted by Crippen LogP contribution is 2.20. The first kappa shape index (κ1) is 24.3. The minimum atomic E-state index is -1.05. The molecule has 0 aliphatic heterocycles. The van der Waals surface area contributed by atoms with Crippen LogP contribution in [0.3, 0.4) is 0 Å². The molecule has 1 amide bonds. The number of rotatable bonds is 8. The second-order valence-corrected chi connectivity index (χ2v) is 7.14. The standard InChI is InChI=1S/C19H27N5O2S.HI/c1-4-20-18(23-12-19(3,26)15-8-6-5-7-9-15)22-11-10-21-17(25)16-14(2)24-13-27-16;/h5-9,13,26H,4,10-12H2,1-3H3,(H,21,25)(H2,20,22,23);1H. The summed E-state index contributed by atoms with van der Waals surface area (Å²) in [5.41, 5.74) is 2.17. The Balaban J connectivity index is 0.00000392. The SMILES string of the molecule is CCNC(=NCC(C)(O)c1ccccc1)NCCNC(=O)c1scnc1C.I. The number of benzene rings is 1. The molecule has 0 bridgehead atoms. The van der Waals surface area contributed by atoms with Gasteiger partial charge in [0.15, 0.2) is 5.96 Å². The van der Waals surface area contributed by atoms with Crippen molar-refractivity contribution in [2.24, 2.45) is 4.99 Å². The summed E-state index contributed by atoms with van der Waals surface area (Å²) in [6.45, 7) is 7.43. The molecule has 1 atom stereocenters. The molecule has 4 N–H and O–H groups in total. The lowest BCUT2D eigenvalue weighted by Gasteiger charge is -2.22. The Morgan fingerprint density at radius 1 is 1.21 bits per heavy atom. The topological polar surface area (TPSA) is 98.6 Å². The molecule has 154 valence electrons. The number of hydrogen-bond donors (Lipinski definition) is 4. The molecule has 0 aliphatic rings. The summed E-state index contributed by atoms with van der Waals surface area (Å²) >= 11 is 1.33. The van der Waals surface area contributed by atoms with Crippen molar-refractivity contribution in [2.75, 3.05) is 26.2 Å². The molecule has 0 saturated carbocycles. The molecule has 1 aromatic heterocycles. The number of thiazole rings is 1. The van der Waals surface area contributed by atoms with Crippen LogP contribution < -0.4 is 16.0 Å². The van der Waals surface area contributed by atoms with Gasteiger partial charge in [0.2, 0.25) is 0 Å². The number of halogens is 1. The Morgan fingerprint density at radius 2 is 1.89 bits per heavy atom. The van der Waals surface area contributed by atoms with Crippen molar-refractivity contribution in [1.82, 2.24) is 20.9 Å². The Hall–Kier alpha value is -1.72. The van der Waals surface area contributed by atoms with Gasteiger partial charge in [0.05, 0.1) is 17.7 Å². The van der Waals surface area contributed by atoms with Gasteiger partial charge in [-0.2, -0.15) is 0 Å². The van der Waals surface area contributed by atoms with E-state index in [1.54, 1.807) is 12.4 Å². The number of aromatic nitrogens is 1. The summed E-state index contributed by atoms with van der Waals surface area (Å²) in [6, 6.07) is 9.46. The number of guanidine groups is 1. The third-order valence-corrected chi connectivity index (χ3v) is 4.87. The first-order valence-electron chi connectivity index (χ1n) is 8.92. The van der Waals surface area contributed by atoms with Crippen LogP contribution >= 0.6 is 35.3 Å². The Morgan fingerprint density at radius 3 is 2.50 bits per heavy atom. The zero-order chi connectivity index (χ0) is 19.7. The average Bonchev–Trinajstić information content (AvgIpc) is 3.09. The molecule has 2 rings (SSSR count). The highest BCUT2D eigenvalue weighted by atomic mass is 127. The van der Waals surface area contributed by atoms with E-state index >= 15 is 0 Å². The van der Waals surface area contributed by atoms with Crippen LogP contribution in [0.2, 0.25) is 0 Å². The number of aliphatic imine (C=N–C) groups is 1. The molecule has 1 heterocycles. The van der Waals surface area contributed by atoms with E-state index in [9.17, 15) is 9.90 Å². The highest BCUT2D eigenvalue weighted by molar-refractivity contribution is 14.0. The smallest absolute Gasteiger partial charge is 0.263 e. The van der Waals surface area contributed by atoms with Crippen LogP contribution in [-0.4, -0.2) is 48.1 Å². The molecule has 28 heavy (non-hydrogen) atoms. The minimum Gasteiger partial charge on any atom is -0.384 e. The van der Waals surface area contributed by atoms with Crippen LogP contribution in [0.1, 0.15) is 34.8 Å². The van der Waals surface area contributed by atoms with Gasteiger partial charge < -0.3 is 21.1 Å². The van der Waals surface area contributed by atoms with Crippen molar-refractivity contribution in [3.05, 3.63) is 52.0 Å². The van der Waals surface area contributed by atoms with E-state index in [4.69, 9.17) is 0 Å². The number of carbonyl (C=O) groups is 1. The Bertz CT molecular complexity index is 765. The van der Waals surface area contributed by atoms with Crippen molar-refractivity contribution < 1.29 is 9.90 Å². The molecule has 0 saturated heterocycles. The van der Waals surface area contributed by atoms with E-state index in [1.807, 2.05) is 44.2 Å². The lowest BCUT2D eigenvalue weighted by Crippen LogP contribution is -2.42. The molecular weight excluding hydrogens is 489 g/mol. The van der Waals surface area contributed by atoms with E-state index in [0.29, 0.717) is 30.5 Å². The number of amides is 1. The molecule has 7 nitrogen and oxygen atoms in total. The summed E-state index contributed by atoms with van der Waals surface area (Å²) in [6.07, 6.45) is 0. The van der Waals surface area contributed by atoms with E-state index in [0.717, 1.165) is 11.3 Å². The second-order valence-electron chi connectivity index (χ2n) is 6.28. The van der Waals surface area contributed by atoms with Gasteiger partial charge in [-0.1, -0.05) is 30.3 Å². The van der Waals surface area contributed by atoms with Crippen LogP contribution in [0.5, 0.6) is 0 Å². The van der Waals surface area contributed by atoms with Crippen LogP contribution in [0, 0.1) is 6.92 Å². The summed E-state index contributed by atoms with van der Waals surface area (Å²) in [5, 5.41) is 19.8. The number of aryl methyl sites for hydroxylation is 1. The van der Waals surface area contributed by atoms with Crippen molar-refractivity contribution >= 4 is 47.2 Å². The first-order valence-corrected chi connectivity index (χ1v) is 9.80. The van der Waals surface area contributed by atoms with Gasteiger partial charge in [-0.05, 0) is 26.3 Å². The fraction of sp³-hybridized carbons (Fsp3) is 0.421. The summed E-state index contributed by atoms with van der Waals surface area (Å²) in [5.74, 6) is 0.475. The van der Waals surface area contributed by atoms with Crippen molar-refractivity contribution in [2.45, 2.75) is 26.4 Å². The molecule has 9 heteroatoms. The third kappa shape index (κ3) is 7.36. The van der Waals surface area contributed by atoms with E-state index in [1.165, 1.54) is 11.3 Å². The lowest BCUT2D eigenvalue weighted by atomic mass is 9.96. The van der Waals surface area contributed by atoms with Crippen molar-refractivity contribution in [3.8, 4) is 0 Å². The maximum absolute atomic E-state index is 12.1. The summed E-state index contributed by atoms with van der Waals surface area (Å²) < 4.78 is 0. The van der Waals surface area contributed by atoms with Gasteiger partial charge in [-0.15, -0.1) is 35.3 Å². The quantitative estimate of drug-likeness (QED) is 0.187.